The number of halogens is 3. The molecule has 1 unspecified atom stereocenters. The van der Waals surface area contributed by atoms with Crippen LogP contribution in [-0.2, 0) is 17.4 Å². The molecule has 0 bridgehead atoms. The number of rotatable bonds is 4. The first-order valence-corrected chi connectivity index (χ1v) is 10.8. The molecule has 1 aliphatic heterocycles. The fourth-order valence-electron chi connectivity index (χ4n) is 4.45. The predicted molar refractivity (Wildman–Crippen MR) is 121 cm³/mol. The highest BCUT2D eigenvalue weighted by Crippen LogP contribution is 2.50. The highest BCUT2D eigenvalue weighted by molar-refractivity contribution is 7.80. The Morgan fingerprint density at radius 2 is 1.88 bits per heavy atom. The van der Waals surface area contributed by atoms with Crippen molar-refractivity contribution in [1.29, 1.82) is 5.26 Å². The van der Waals surface area contributed by atoms with Gasteiger partial charge in [-0.3, -0.25) is 9.69 Å². The normalized spacial score (nSPS) is 19.4. The second kappa shape index (κ2) is 8.32. The quantitative estimate of drug-likeness (QED) is 0.658. The molecule has 2 aliphatic rings. The molecule has 6 nitrogen and oxygen atoms in total. The van der Waals surface area contributed by atoms with Crippen LogP contribution in [0.3, 0.4) is 0 Å². The highest BCUT2D eigenvalue weighted by Gasteiger charge is 2.59. The maximum Gasteiger partial charge on any atom is 0.417 e. The van der Waals surface area contributed by atoms with Gasteiger partial charge >= 0.3 is 6.18 Å². The van der Waals surface area contributed by atoms with Gasteiger partial charge in [-0.15, -0.1) is 0 Å². The van der Waals surface area contributed by atoms with Crippen LogP contribution in [0.5, 0.6) is 0 Å². The molecule has 0 aromatic heterocycles. The molecule has 172 valence electrons. The van der Waals surface area contributed by atoms with Crippen LogP contribution in [0.1, 0.15) is 36.0 Å². The average Bonchev–Trinajstić information content (AvgIpc) is 3.00. The number of hydrogen-bond acceptors (Lipinski definition) is 4. The molecule has 1 amide bonds. The zero-order valence-electron chi connectivity index (χ0n) is 17.7. The van der Waals surface area contributed by atoms with Gasteiger partial charge in [0.2, 0.25) is 5.91 Å². The second-order valence-corrected chi connectivity index (χ2v) is 8.54. The summed E-state index contributed by atoms with van der Waals surface area (Å²) >= 11 is 5.65. The molecule has 2 N–H and O–H groups in total. The molecular formula is C23H21F3N4O2S. The number of likely N-dealkylation sites (N-methyl/N-ethyl adjacent to an activating group) is 1. The van der Waals surface area contributed by atoms with E-state index in [2.05, 4.69) is 5.32 Å². The standard InChI is InChI=1S/C23H21F3N4O2S/c1-28-19(31)11-14-3-6-16(7-4-14)30-21(33)29(20(32)22(30)9-2-10-22)17-8-5-15(13-27)18(12-17)23(24,25)26/h3-8,12,20,32H,2,9-11H2,1H3,(H,28,31). The van der Waals surface area contributed by atoms with Crippen LogP contribution in [0.15, 0.2) is 42.5 Å². The first-order valence-electron chi connectivity index (χ1n) is 10.3. The minimum Gasteiger partial charge on any atom is -0.371 e. The summed E-state index contributed by atoms with van der Waals surface area (Å²) in [4.78, 5) is 14.8. The lowest BCUT2D eigenvalue weighted by atomic mass is 9.74. The summed E-state index contributed by atoms with van der Waals surface area (Å²) in [5.41, 5.74) is -0.767. The van der Waals surface area contributed by atoms with Crippen LogP contribution < -0.4 is 15.1 Å². The number of nitriles is 1. The van der Waals surface area contributed by atoms with Crippen molar-refractivity contribution in [3.05, 3.63) is 59.2 Å². The van der Waals surface area contributed by atoms with Crippen molar-refractivity contribution in [2.75, 3.05) is 16.8 Å². The van der Waals surface area contributed by atoms with Gasteiger partial charge in [-0.1, -0.05) is 12.1 Å². The van der Waals surface area contributed by atoms with E-state index in [9.17, 15) is 23.1 Å². The third-order valence-corrected chi connectivity index (χ3v) is 6.71. The van der Waals surface area contributed by atoms with E-state index in [4.69, 9.17) is 17.5 Å². The van der Waals surface area contributed by atoms with E-state index in [0.29, 0.717) is 18.5 Å². The van der Waals surface area contributed by atoms with Crippen molar-refractivity contribution in [2.24, 2.45) is 0 Å². The Labute approximate surface area is 194 Å². The van der Waals surface area contributed by atoms with Crippen LogP contribution in [0.25, 0.3) is 0 Å². The van der Waals surface area contributed by atoms with E-state index in [1.807, 2.05) is 0 Å². The molecule has 1 atom stereocenters. The maximum atomic E-state index is 13.5. The summed E-state index contributed by atoms with van der Waals surface area (Å²) in [6.07, 6.45) is -3.58. The number of carbonyl (C=O) groups excluding carboxylic acids is 1. The molecular weight excluding hydrogens is 453 g/mol. The Morgan fingerprint density at radius 3 is 2.39 bits per heavy atom. The van der Waals surface area contributed by atoms with Crippen molar-refractivity contribution >= 4 is 34.6 Å². The van der Waals surface area contributed by atoms with Gasteiger partial charge in [0, 0.05) is 18.4 Å². The van der Waals surface area contributed by atoms with Crippen LogP contribution in [0, 0.1) is 11.3 Å². The monoisotopic (exact) mass is 474 g/mol. The Morgan fingerprint density at radius 1 is 1.24 bits per heavy atom. The summed E-state index contributed by atoms with van der Waals surface area (Å²) in [5.74, 6) is -0.127. The number of aliphatic hydroxyl groups is 1. The van der Waals surface area contributed by atoms with Crippen LogP contribution in [-0.4, -0.2) is 34.9 Å². The van der Waals surface area contributed by atoms with Crippen molar-refractivity contribution in [1.82, 2.24) is 5.32 Å². The van der Waals surface area contributed by atoms with E-state index in [1.165, 1.54) is 11.0 Å². The van der Waals surface area contributed by atoms with Crippen LogP contribution in [0.2, 0.25) is 0 Å². The van der Waals surface area contributed by atoms with Crippen molar-refractivity contribution in [3.63, 3.8) is 0 Å². The number of benzene rings is 2. The zero-order valence-corrected chi connectivity index (χ0v) is 18.5. The molecule has 4 rings (SSSR count). The van der Waals surface area contributed by atoms with Gasteiger partial charge < -0.3 is 15.3 Å². The molecule has 1 spiro atoms. The predicted octanol–water partition coefficient (Wildman–Crippen LogP) is 3.72. The van der Waals surface area contributed by atoms with E-state index < -0.39 is 29.1 Å². The van der Waals surface area contributed by atoms with Crippen LogP contribution >= 0.6 is 12.2 Å². The molecule has 10 heteroatoms. The first-order chi connectivity index (χ1) is 15.6. The number of amides is 1. The molecule has 1 saturated heterocycles. The topological polar surface area (TPSA) is 79.6 Å². The largest absolute Gasteiger partial charge is 0.417 e. The Balaban J connectivity index is 1.72. The Kier molecular flexibility index (Phi) is 5.80. The third-order valence-electron chi connectivity index (χ3n) is 6.33. The molecule has 1 saturated carbocycles. The number of anilines is 2. The lowest BCUT2D eigenvalue weighted by Crippen LogP contribution is -2.57. The van der Waals surface area contributed by atoms with Crippen molar-refractivity contribution in [3.8, 4) is 6.07 Å². The van der Waals surface area contributed by atoms with Crippen molar-refractivity contribution < 1.29 is 23.1 Å². The smallest absolute Gasteiger partial charge is 0.371 e. The summed E-state index contributed by atoms with van der Waals surface area (Å²) in [6.45, 7) is 0. The molecule has 33 heavy (non-hydrogen) atoms. The van der Waals surface area contributed by atoms with E-state index >= 15 is 0 Å². The number of carbonyl (C=O) groups is 1. The van der Waals surface area contributed by atoms with E-state index in [0.717, 1.165) is 24.1 Å². The van der Waals surface area contributed by atoms with Gasteiger partial charge in [-0.2, -0.15) is 18.4 Å². The lowest BCUT2D eigenvalue weighted by molar-refractivity contribution is -0.137. The first kappa shape index (κ1) is 23.0. The second-order valence-electron chi connectivity index (χ2n) is 8.17. The number of alkyl halides is 3. The number of hydrogen-bond donors (Lipinski definition) is 2. The van der Waals surface area contributed by atoms with Gasteiger partial charge in [-0.05, 0) is 67.4 Å². The van der Waals surface area contributed by atoms with Crippen LogP contribution in [0.4, 0.5) is 24.5 Å². The average molecular weight is 475 g/mol. The summed E-state index contributed by atoms with van der Waals surface area (Å²) in [5, 5.41) is 23.1. The molecule has 1 heterocycles. The fraction of sp³-hybridized carbons (Fsp3) is 0.348. The zero-order chi connectivity index (χ0) is 24.0. The molecule has 0 radical (unpaired) electrons. The number of nitrogens with one attached hydrogen (secondary N) is 1. The minimum atomic E-state index is -4.72. The fourth-order valence-corrected chi connectivity index (χ4v) is 4.94. The van der Waals surface area contributed by atoms with Gasteiger partial charge in [-0.25, -0.2) is 0 Å². The molecule has 2 aromatic rings. The Bertz CT molecular complexity index is 1140. The minimum absolute atomic E-state index is 0.0730. The summed E-state index contributed by atoms with van der Waals surface area (Å²) in [7, 11) is 1.56. The van der Waals surface area contributed by atoms with Gasteiger partial charge in [0.1, 0.15) is 0 Å². The molecule has 2 fully saturated rings. The van der Waals surface area contributed by atoms with Crippen molar-refractivity contribution in [2.45, 2.75) is 43.6 Å². The van der Waals surface area contributed by atoms with Gasteiger partial charge in [0.25, 0.3) is 0 Å². The molecule has 1 aliphatic carbocycles. The maximum absolute atomic E-state index is 13.5. The van der Waals surface area contributed by atoms with E-state index in [-0.39, 0.29) is 23.1 Å². The SMILES string of the molecule is CNC(=O)Cc1ccc(N2C(=S)N(c3ccc(C#N)c(C(F)(F)F)c3)C(O)C23CCC3)cc1. The lowest BCUT2D eigenvalue weighted by Gasteiger charge is -2.46. The number of nitrogens with zero attached hydrogens (tertiary/aromatic N) is 3. The number of thiocarbonyl (C=S) groups is 1. The molecule has 2 aromatic carbocycles. The summed E-state index contributed by atoms with van der Waals surface area (Å²) < 4.78 is 40.6. The van der Waals surface area contributed by atoms with Gasteiger partial charge in [0.15, 0.2) is 11.3 Å². The summed E-state index contributed by atoms with van der Waals surface area (Å²) in [6, 6.07) is 12.0. The Hall–Kier alpha value is -3.16. The number of aliphatic hydroxyl groups excluding tert-OH is 1. The highest BCUT2D eigenvalue weighted by atomic mass is 32.1. The van der Waals surface area contributed by atoms with E-state index in [1.54, 1.807) is 42.3 Å². The third kappa shape index (κ3) is 3.81. The van der Waals surface area contributed by atoms with Gasteiger partial charge in [0.05, 0.1) is 29.2 Å².